The molecule has 2 aromatic carbocycles. The van der Waals surface area contributed by atoms with Crippen molar-refractivity contribution in [1.29, 1.82) is 0 Å². The Balaban J connectivity index is 1.43. The van der Waals surface area contributed by atoms with Crippen LogP contribution in [-0.2, 0) is 9.59 Å². The number of carbonyl (C=O) groups excluding carboxylic acids is 2. The molecule has 1 fully saturated rings. The number of rotatable bonds is 6. The van der Waals surface area contributed by atoms with Gasteiger partial charge in [0.05, 0.1) is 6.54 Å². The molecule has 0 radical (unpaired) electrons. The van der Waals surface area contributed by atoms with Crippen molar-refractivity contribution in [2.75, 3.05) is 38.0 Å². The van der Waals surface area contributed by atoms with E-state index in [4.69, 9.17) is 4.74 Å². The molecule has 1 aliphatic rings. The van der Waals surface area contributed by atoms with Crippen molar-refractivity contribution in [2.45, 2.75) is 26.9 Å². The van der Waals surface area contributed by atoms with Crippen molar-refractivity contribution in [3.63, 3.8) is 0 Å². The zero-order chi connectivity index (χ0) is 20.8. The average Bonchev–Trinajstić information content (AvgIpc) is 2.71. The van der Waals surface area contributed by atoms with Crippen molar-refractivity contribution >= 4 is 17.5 Å². The lowest BCUT2D eigenvalue weighted by Crippen LogP contribution is -2.53. The van der Waals surface area contributed by atoms with Crippen LogP contribution in [0.5, 0.6) is 5.75 Å². The van der Waals surface area contributed by atoms with E-state index >= 15 is 0 Å². The molecule has 0 bridgehead atoms. The molecule has 1 atom stereocenters. The molecule has 1 saturated heterocycles. The Labute approximate surface area is 172 Å². The smallest absolute Gasteiger partial charge is 0.263 e. The first-order valence-corrected chi connectivity index (χ1v) is 10.0. The Morgan fingerprint density at radius 3 is 2.07 bits per heavy atom. The summed E-state index contributed by atoms with van der Waals surface area (Å²) < 4.78 is 5.78. The number of hydrogen-bond acceptors (Lipinski definition) is 4. The fourth-order valence-corrected chi connectivity index (χ4v) is 3.30. The normalized spacial score (nSPS) is 15.6. The van der Waals surface area contributed by atoms with Crippen LogP contribution in [0.3, 0.4) is 0 Å². The van der Waals surface area contributed by atoms with E-state index in [1.54, 1.807) is 6.92 Å². The van der Waals surface area contributed by atoms with E-state index in [2.05, 4.69) is 10.2 Å². The number of carbonyl (C=O) groups is 2. The molecule has 3 rings (SSSR count). The van der Waals surface area contributed by atoms with Gasteiger partial charge in [-0.3, -0.25) is 14.5 Å². The van der Waals surface area contributed by atoms with Gasteiger partial charge in [-0.25, -0.2) is 0 Å². The molecule has 0 unspecified atom stereocenters. The summed E-state index contributed by atoms with van der Waals surface area (Å²) in [5, 5.41) is 2.92. The number of ether oxygens (including phenoxy) is 1. The molecule has 154 valence electrons. The zero-order valence-electron chi connectivity index (χ0n) is 17.4. The molecule has 0 saturated carbocycles. The standard InChI is InChI=1S/C23H29N3O3/c1-17-4-8-20(9-5-17)24-22(27)16-25-12-14-26(15-13-25)23(28)19(3)29-21-10-6-18(2)7-11-21/h4-11,19H,12-16H2,1-3H3,(H,24,27)/t19-/m0/s1. The summed E-state index contributed by atoms with van der Waals surface area (Å²) in [5.74, 6) is 0.641. The number of aryl methyl sites for hydroxylation is 2. The van der Waals surface area contributed by atoms with E-state index in [-0.39, 0.29) is 11.8 Å². The molecular formula is C23H29N3O3. The Hall–Kier alpha value is -2.86. The summed E-state index contributed by atoms with van der Waals surface area (Å²) in [7, 11) is 0. The fraction of sp³-hybridized carbons (Fsp3) is 0.391. The molecule has 1 N–H and O–H groups in total. The molecule has 6 nitrogen and oxygen atoms in total. The van der Waals surface area contributed by atoms with Crippen molar-refractivity contribution in [3.05, 3.63) is 59.7 Å². The van der Waals surface area contributed by atoms with Gasteiger partial charge in [0.25, 0.3) is 5.91 Å². The minimum atomic E-state index is -0.533. The van der Waals surface area contributed by atoms with E-state index in [0.29, 0.717) is 38.5 Å². The van der Waals surface area contributed by atoms with Crippen LogP contribution in [0, 0.1) is 13.8 Å². The molecule has 1 heterocycles. The van der Waals surface area contributed by atoms with E-state index in [1.165, 1.54) is 0 Å². The third-order valence-electron chi connectivity index (χ3n) is 5.07. The summed E-state index contributed by atoms with van der Waals surface area (Å²) in [6, 6.07) is 15.4. The maximum atomic E-state index is 12.7. The van der Waals surface area contributed by atoms with Crippen molar-refractivity contribution in [3.8, 4) is 5.75 Å². The zero-order valence-corrected chi connectivity index (χ0v) is 17.4. The Morgan fingerprint density at radius 1 is 0.931 bits per heavy atom. The van der Waals surface area contributed by atoms with Gasteiger partial charge in [0.2, 0.25) is 5.91 Å². The van der Waals surface area contributed by atoms with Gasteiger partial charge in [-0.05, 0) is 45.0 Å². The molecule has 1 aliphatic heterocycles. The summed E-state index contributed by atoms with van der Waals surface area (Å²) in [6.07, 6.45) is -0.533. The van der Waals surface area contributed by atoms with E-state index in [1.807, 2.05) is 67.3 Å². The molecule has 0 spiro atoms. The van der Waals surface area contributed by atoms with Crippen LogP contribution in [0.15, 0.2) is 48.5 Å². The number of piperazine rings is 1. The number of benzene rings is 2. The molecule has 6 heteroatoms. The van der Waals surface area contributed by atoms with Crippen molar-refractivity contribution in [1.82, 2.24) is 9.80 Å². The predicted molar refractivity (Wildman–Crippen MR) is 114 cm³/mol. The van der Waals surface area contributed by atoms with Gasteiger partial charge >= 0.3 is 0 Å². The number of anilines is 1. The minimum absolute atomic E-state index is 0.0191. The second kappa shape index (κ2) is 9.56. The van der Waals surface area contributed by atoms with Crippen LogP contribution >= 0.6 is 0 Å². The van der Waals surface area contributed by atoms with Crippen LogP contribution < -0.4 is 10.1 Å². The van der Waals surface area contributed by atoms with E-state index < -0.39 is 6.10 Å². The summed E-state index contributed by atoms with van der Waals surface area (Å²) >= 11 is 0. The van der Waals surface area contributed by atoms with Crippen LogP contribution in [-0.4, -0.2) is 60.4 Å². The van der Waals surface area contributed by atoms with Crippen LogP contribution in [0.1, 0.15) is 18.1 Å². The first-order valence-electron chi connectivity index (χ1n) is 10.0. The quantitative estimate of drug-likeness (QED) is 0.817. The maximum Gasteiger partial charge on any atom is 0.263 e. The Kier molecular flexibility index (Phi) is 6.88. The fourth-order valence-electron chi connectivity index (χ4n) is 3.30. The van der Waals surface area contributed by atoms with Crippen molar-refractivity contribution in [2.24, 2.45) is 0 Å². The number of hydrogen-bond donors (Lipinski definition) is 1. The average molecular weight is 396 g/mol. The first-order chi connectivity index (χ1) is 13.9. The lowest BCUT2D eigenvalue weighted by atomic mass is 10.2. The lowest BCUT2D eigenvalue weighted by molar-refractivity contribution is -0.139. The second-order valence-electron chi connectivity index (χ2n) is 7.59. The highest BCUT2D eigenvalue weighted by molar-refractivity contribution is 5.92. The SMILES string of the molecule is Cc1ccc(NC(=O)CN2CCN(C(=O)[C@H](C)Oc3ccc(C)cc3)CC2)cc1. The van der Waals surface area contributed by atoms with Crippen LogP contribution in [0.25, 0.3) is 0 Å². The highest BCUT2D eigenvalue weighted by atomic mass is 16.5. The Morgan fingerprint density at radius 2 is 1.48 bits per heavy atom. The molecule has 0 aliphatic carbocycles. The second-order valence-corrected chi connectivity index (χ2v) is 7.59. The predicted octanol–water partition coefficient (Wildman–Crippen LogP) is 2.85. The highest BCUT2D eigenvalue weighted by Crippen LogP contribution is 2.15. The largest absolute Gasteiger partial charge is 0.481 e. The van der Waals surface area contributed by atoms with E-state index in [9.17, 15) is 9.59 Å². The third kappa shape index (κ3) is 6.06. The van der Waals surface area contributed by atoms with E-state index in [0.717, 1.165) is 16.8 Å². The van der Waals surface area contributed by atoms with Crippen molar-refractivity contribution < 1.29 is 14.3 Å². The number of nitrogens with one attached hydrogen (secondary N) is 1. The summed E-state index contributed by atoms with van der Waals surface area (Å²) in [4.78, 5) is 28.8. The van der Waals surface area contributed by atoms with Gasteiger partial charge in [-0.2, -0.15) is 0 Å². The van der Waals surface area contributed by atoms with Gasteiger partial charge in [-0.1, -0.05) is 35.4 Å². The Bertz CT molecular complexity index is 825. The number of nitrogens with zero attached hydrogens (tertiary/aromatic N) is 2. The van der Waals surface area contributed by atoms with Gasteiger partial charge < -0.3 is 15.0 Å². The maximum absolute atomic E-state index is 12.7. The lowest BCUT2D eigenvalue weighted by Gasteiger charge is -2.35. The molecule has 2 aromatic rings. The third-order valence-corrected chi connectivity index (χ3v) is 5.07. The molecule has 29 heavy (non-hydrogen) atoms. The molecular weight excluding hydrogens is 366 g/mol. The van der Waals surface area contributed by atoms with Crippen LogP contribution in [0.4, 0.5) is 5.69 Å². The monoisotopic (exact) mass is 395 g/mol. The first kappa shape index (κ1) is 20.9. The minimum Gasteiger partial charge on any atom is -0.481 e. The molecule has 0 aromatic heterocycles. The molecule has 2 amide bonds. The van der Waals surface area contributed by atoms with Gasteiger partial charge in [0.1, 0.15) is 5.75 Å². The number of amides is 2. The topological polar surface area (TPSA) is 61.9 Å². The highest BCUT2D eigenvalue weighted by Gasteiger charge is 2.26. The van der Waals surface area contributed by atoms with Gasteiger partial charge in [-0.15, -0.1) is 0 Å². The van der Waals surface area contributed by atoms with Gasteiger partial charge in [0, 0.05) is 31.9 Å². The summed E-state index contributed by atoms with van der Waals surface area (Å²) in [6.45, 7) is 8.66. The van der Waals surface area contributed by atoms with Gasteiger partial charge in [0.15, 0.2) is 6.10 Å². The summed E-state index contributed by atoms with van der Waals surface area (Å²) in [5.41, 5.74) is 3.11. The van der Waals surface area contributed by atoms with Crippen LogP contribution in [0.2, 0.25) is 0 Å².